The molecule has 0 saturated carbocycles. The van der Waals surface area contributed by atoms with Gasteiger partial charge in [-0.05, 0) is 0 Å². The quantitative estimate of drug-likeness (QED) is 0.476. The van der Waals surface area contributed by atoms with Crippen molar-refractivity contribution in [2.24, 2.45) is 19.8 Å². The molecule has 0 saturated heterocycles. The van der Waals surface area contributed by atoms with Crippen molar-refractivity contribution in [3.8, 4) is 0 Å². The smallest absolute Gasteiger partial charge is 0.332 e. The number of fused-ring (bicyclic) bond motifs is 1. The van der Waals surface area contributed by atoms with Gasteiger partial charge in [-0.15, -0.1) is 0 Å². The van der Waals surface area contributed by atoms with Gasteiger partial charge in [-0.2, -0.15) is 4.98 Å². The van der Waals surface area contributed by atoms with Gasteiger partial charge in [-0.3, -0.25) is 18.7 Å². The number of aromatic amines is 1. The number of H-pyrrole nitrogens is 1. The molecule has 0 aliphatic heterocycles. The van der Waals surface area contributed by atoms with Crippen LogP contribution in [0.4, 0.5) is 5.95 Å². The van der Waals surface area contributed by atoms with E-state index in [-0.39, 0.29) is 23.7 Å². The maximum Gasteiger partial charge on any atom is 0.332 e. The number of aryl methyl sites for hydroxylation is 1. The summed E-state index contributed by atoms with van der Waals surface area (Å²) in [5.74, 6) is -0.726. The number of carbonyl (C=O) groups is 1. The fourth-order valence-electron chi connectivity index (χ4n) is 1.70. The number of amides is 1. The van der Waals surface area contributed by atoms with E-state index in [9.17, 15) is 19.5 Å². The molecule has 0 radical (unpaired) electrons. The van der Waals surface area contributed by atoms with Crippen molar-refractivity contribution in [2.75, 3.05) is 11.9 Å². The summed E-state index contributed by atoms with van der Waals surface area (Å²) in [6.45, 7) is -0.163. The lowest BCUT2D eigenvalue weighted by Crippen LogP contribution is -2.36. The zero-order valence-electron chi connectivity index (χ0n) is 10.9. The second-order valence-corrected chi connectivity index (χ2v) is 4.29. The number of carbonyl (C=O) groups excluding carboxylic acids is 1. The molecule has 2 rings (SSSR count). The monoisotopic (exact) mass is 282 g/mol. The van der Waals surface area contributed by atoms with Crippen LogP contribution >= 0.6 is 0 Å². The highest BCUT2D eigenvalue weighted by atomic mass is 16.3. The van der Waals surface area contributed by atoms with E-state index >= 15 is 0 Å². The molecule has 108 valence electrons. The first-order chi connectivity index (χ1) is 9.32. The summed E-state index contributed by atoms with van der Waals surface area (Å²) in [5, 5.41) is 11.9. The molecule has 0 aliphatic rings. The van der Waals surface area contributed by atoms with Crippen LogP contribution in [0, 0.1) is 0 Å². The van der Waals surface area contributed by atoms with Crippen molar-refractivity contribution in [1.29, 1.82) is 0 Å². The molecule has 5 N–H and O–H groups in total. The lowest BCUT2D eigenvalue weighted by molar-refractivity contribution is -0.125. The van der Waals surface area contributed by atoms with Crippen molar-refractivity contribution in [2.45, 2.75) is 6.10 Å². The Morgan fingerprint density at radius 2 is 2.10 bits per heavy atom. The Bertz CT molecular complexity index is 785. The minimum absolute atomic E-state index is 0.144. The van der Waals surface area contributed by atoms with Crippen molar-refractivity contribution in [3.63, 3.8) is 0 Å². The number of nitrogens with zero attached hydrogens (tertiary/aromatic N) is 3. The van der Waals surface area contributed by atoms with Crippen LogP contribution in [0.3, 0.4) is 0 Å². The maximum atomic E-state index is 11.9. The molecule has 1 amide bonds. The Balaban J connectivity index is 2.42. The van der Waals surface area contributed by atoms with E-state index in [1.54, 1.807) is 0 Å². The summed E-state index contributed by atoms with van der Waals surface area (Å²) in [4.78, 5) is 41.0. The predicted molar refractivity (Wildman–Crippen MR) is 70.3 cm³/mol. The van der Waals surface area contributed by atoms with Gasteiger partial charge >= 0.3 is 5.69 Å². The molecule has 20 heavy (non-hydrogen) atoms. The van der Waals surface area contributed by atoms with Gasteiger partial charge in [0.25, 0.3) is 5.56 Å². The normalized spacial score (nSPS) is 12.6. The van der Waals surface area contributed by atoms with Crippen LogP contribution in [0.1, 0.15) is 0 Å². The third-order valence-electron chi connectivity index (χ3n) is 2.89. The fraction of sp³-hybridized carbons (Fsp3) is 0.400. The van der Waals surface area contributed by atoms with Crippen LogP contribution in [0.15, 0.2) is 9.59 Å². The Hall–Kier alpha value is -2.62. The van der Waals surface area contributed by atoms with Crippen LogP contribution in [0.25, 0.3) is 11.2 Å². The fourth-order valence-corrected chi connectivity index (χ4v) is 1.70. The highest BCUT2D eigenvalue weighted by Gasteiger charge is 2.15. The molecule has 0 bridgehead atoms. The molecule has 10 heteroatoms. The molecule has 2 aromatic rings. The number of nitrogens with one attached hydrogen (secondary N) is 2. The molecular weight excluding hydrogens is 268 g/mol. The van der Waals surface area contributed by atoms with E-state index in [4.69, 9.17) is 5.73 Å². The molecular formula is C10H14N6O4. The third-order valence-corrected chi connectivity index (χ3v) is 2.89. The van der Waals surface area contributed by atoms with Gasteiger partial charge in [0, 0.05) is 14.1 Å². The van der Waals surface area contributed by atoms with E-state index < -0.39 is 23.3 Å². The Kier molecular flexibility index (Phi) is 3.32. The minimum Gasteiger partial charge on any atom is -0.381 e. The Labute approximate surface area is 111 Å². The first kappa shape index (κ1) is 13.8. The standard InChI is InChI=1S/C10H14N6O4/c1-15-7-5(8(19)16(2)10(15)20)13-9(14-7)12-3-4(17)6(11)18/h4,17H,3H2,1-2H3,(H2,11,18)(H2,12,13,14). The lowest BCUT2D eigenvalue weighted by Gasteiger charge is -2.06. The van der Waals surface area contributed by atoms with Gasteiger partial charge in [0.2, 0.25) is 11.9 Å². The third kappa shape index (κ3) is 2.16. The molecule has 0 aromatic carbocycles. The van der Waals surface area contributed by atoms with E-state index in [0.29, 0.717) is 0 Å². The average molecular weight is 282 g/mol. The van der Waals surface area contributed by atoms with Gasteiger partial charge in [-0.25, -0.2) is 4.79 Å². The lowest BCUT2D eigenvalue weighted by atomic mass is 10.3. The van der Waals surface area contributed by atoms with Gasteiger partial charge in [0.05, 0.1) is 6.54 Å². The second kappa shape index (κ2) is 4.81. The summed E-state index contributed by atoms with van der Waals surface area (Å²) in [6, 6.07) is 0. The number of hydrogen-bond acceptors (Lipinski definition) is 6. The average Bonchev–Trinajstić information content (AvgIpc) is 2.84. The van der Waals surface area contributed by atoms with Crippen LogP contribution in [0.2, 0.25) is 0 Å². The van der Waals surface area contributed by atoms with Crippen LogP contribution in [0.5, 0.6) is 0 Å². The van der Waals surface area contributed by atoms with Gasteiger partial charge < -0.3 is 21.1 Å². The summed E-state index contributed by atoms with van der Waals surface area (Å²) in [6.07, 6.45) is -1.38. The number of aliphatic hydroxyl groups excluding tert-OH is 1. The van der Waals surface area contributed by atoms with E-state index in [1.807, 2.05) is 0 Å². The first-order valence-corrected chi connectivity index (χ1v) is 5.70. The van der Waals surface area contributed by atoms with Gasteiger partial charge in [0.15, 0.2) is 11.2 Å². The predicted octanol–water partition coefficient (Wildman–Crippen LogP) is -2.78. The topological polar surface area (TPSA) is 148 Å². The minimum atomic E-state index is -1.38. The SMILES string of the molecule is Cn1c(=O)c2[nH]c(NCC(O)C(N)=O)nc2n(C)c1=O. The van der Waals surface area contributed by atoms with E-state index in [1.165, 1.54) is 18.7 Å². The number of primary amides is 1. The molecule has 0 spiro atoms. The van der Waals surface area contributed by atoms with Crippen molar-refractivity contribution in [3.05, 3.63) is 20.8 Å². The molecule has 1 unspecified atom stereocenters. The molecule has 10 nitrogen and oxygen atoms in total. The molecule has 0 aliphatic carbocycles. The van der Waals surface area contributed by atoms with Gasteiger partial charge in [-0.1, -0.05) is 0 Å². The molecule has 0 fully saturated rings. The van der Waals surface area contributed by atoms with Crippen LogP contribution in [-0.4, -0.2) is 42.8 Å². The highest BCUT2D eigenvalue weighted by Crippen LogP contribution is 2.08. The second-order valence-electron chi connectivity index (χ2n) is 4.29. The zero-order chi connectivity index (χ0) is 15.0. The van der Waals surface area contributed by atoms with Gasteiger partial charge in [0.1, 0.15) is 6.10 Å². The zero-order valence-corrected chi connectivity index (χ0v) is 10.9. The molecule has 2 aromatic heterocycles. The van der Waals surface area contributed by atoms with Crippen molar-refractivity contribution < 1.29 is 9.90 Å². The molecule has 1 atom stereocenters. The van der Waals surface area contributed by atoms with Crippen molar-refractivity contribution >= 4 is 23.0 Å². The van der Waals surface area contributed by atoms with Crippen LogP contribution in [-0.2, 0) is 18.9 Å². The Morgan fingerprint density at radius 3 is 2.70 bits per heavy atom. The maximum absolute atomic E-state index is 11.9. The van der Waals surface area contributed by atoms with E-state index in [2.05, 4.69) is 15.3 Å². The highest BCUT2D eigenvalue weighted by molar-refractivity contribution is 5.79. The largest absolute Gasteiger partial charge is 0.381 e. The number of aliphatic hydroxyl groups is 1. The number of anilines is 1. The van der Waals surface area contributed by atoms with Crippen LogP contribution < -0.4 is 22.3 Å². The van der Waals surface area contributed by atoms with E-state index in [0.717, 1.165) is 4.57 Å². The summed E-state index contributed by atoms with van der Waals surface area (Å²) in [7, 11) is 2.84. The molecule has 2 heterocycles. The number of nitrogens with two attached hydrogens (primary N) is 1. The van der Waals surface area contributed by atoms with Crippen molar-refractivity contribution in [1.82, 2.24) is 19.1 Å². The number of hydrogen-bond donors (Lipinski definition) is 4. The number of rotatable bonds is 4. The number of imidazole rings is 1. The Morgan fingerprint density at radius 1 is 1.45 bits per heavy atom. The summed E-state index contributed by atoms with van der Waals surface area (Å²) < 4.78 is 2.16. The summed E-state index contributed by atoms with van der Waals surface area (Å²) in [5.41, 5.74) is 4.21. The summed E-state index contributed by atoms with van der Waals surface area (Å²) >= 11 is 0. The first-order valence-electron chi connectivity index (χ1n) is 5.70. The number of aromatic nitrogens is 4.